The number of aromatic nitrogens is 1. The molecule has 0 aromatic carbocycles. The molecule has 7 heteroatoms. The van der Waals surface area contributed by atoms with E-state index in [1.54, 1.807) is 0 Å². The Kier molecular flexibility index (Phi) is 5.02. The van der Waals surface area contributed by atoms with Crippen molar-refractivity contribution >= 4 is 23.2 Å². The van der Waals surface area contributed by atoms with Gasteiger partial charge in [0.15, 0.2) is 10.7 Å². The van der Waals surface area contributed by atoms with E-state index in [1.807, 2.05) is 14.1 Å². The Morgan fingerprint density at radius 3 is 2.58 bits per heavy atom. The van der Waals surface area contributed by atoms with Crippen LogP contribution in [-0.4, -0.2) is 54.1 Å². The molecule has 1 aromatic rings. The van der Waals surface area contributed by atoms with Gasteiger partial charge in [0, 0.05) is 18.5 Å². The molecule has 0 unspecified atom stereocenters. The fourth-order valence-electron chi connectivity index (χ4n) is 1.78. The molecule has 6 nitrogen and oxygen atoms in total. The summed E-state index contributed by atoms with van der Waals surface area (Å²) in [6.45, 7) is 5.45. The molecule has 0 aliphatic carbocycles. The molecule has 0 aliphatic heterocycles. The van der Waals surface area contributed by atoms with Gasteiger partial charge in [-0.2, -0.15) is 0 Å². The summed E-state index contributed by atoms with van der Waals surface area (Å²) in [5, 5.41) is 13.1. The van der Waals surface area contributed by atoms with Crippen molar-refractivity contribution < 1.29 is 14.7 Å². The number of hydrogen-bond donors (Lipinski definition) is 2. The number of rotatable bonds is 6. The second kappa shape index (κ2) is 6.12. The van der Waals surface area contributed by atoms with E-state index in [4.69, 9.17) is 5.11 Å². The van der Waals surface area contributed by atoms with Gasteiger partial charge in [0.2, 0.25) is 0 Å². The van der Waals surface area contributed by atoms with Crippen molar-refractivity contribution in [2.45, 2.75) is 13.8 Å². The summed E-state index contributed by atoms with van der Waals surface area (Å²) < 4.78 is 0. The van der Waals surface area contributed by atoms with Crippen molar-refractivity contribution in [1.29, 1.82) is 0 Å². The quantitative estimate of drug-likeness (QED) is 0.819. The van der Waals surface area contributed by atoms with Crippen LogP contribution < -0.4 is 5.32 Å². The van der Waals surface area contributed by atoms with E-state index >= 15 is 0 Å². The van der Waals surface area contributed by atoms with Gasteiger partial charge in [-0.15, -0.1) is 11.3 Å². The van der Waals surface area contributed by atoms with Crippen LogP contribution in [-0.2, 0) is 0 Å². The van der Waals surface area contributed by atoms with Crippen LogP contribution in [0, 0.1) is 5.41 Å². The highest BCUT2D eigenvalue weighted by Crippen LogP contribution is 2.15. The average molecular weight is 285 g/mol. The second-order valence-corrected chi connectivity index (χ2v) is 6.29. The van der Waals surface area contributed by atoms with Crippen LogP contribution in [0.2, 0.25) is 0 Å². The number of hydrogen-bond acceptors (Lipinski definition) is 5. The van der Waals surface area contributed by atoms with Gasteiger partial charge < -0.3 is 15.3 Å². The lowest BCUT2D eigenvalue weighted by molar-refractivity contribution is 0.0691. The smallest absolute Gasteiger partial charge is 0.355 e. The van der Waals surface area contributed by atoms with E-state index in [9.17, 15) is 9.59 Å². The number of amides is 1. The highest BCUT2D eigenvalue weighted by atomic mass is 32.1. The van der Waals surface area contributed by atoms with Crippen LogP contribution in [0.3, 0.4) is 0 Å². The molecule has 0 aliphatic rings. The van der Waals surface area contributed by atoms with Crippen LogP contribution >= 0.6 is 11.3 Å². The number of carbonyl (C=O) groups is 2. The number of aromatic carboxylic acids is 1. The minimum absolute atomic E-state index is 0.0634. The summed E-state index contributed by atoms with van der Waals surface area (Å²) in [6.07, 6.45) is 0. The van der Waals surface area contributed by atoms with Gasteiger partial charge in [-0.1, -0.05) is 13.8 Å². The van der Waals surface area contributed by atoms with Crippen molar-refractivity contribution in [3.63, 3.8) is 0 Å². The SMILES string of the molecule is CN(C)CC(C)(C)CNC(=O)c1nc(C(=O)O)cs1. The zero-order valence-electron chi connectivity index (χ0n) is 11.6. The zero-order valence-corrected chi connectivity index (χ0v) is 12.4. The highest BCUT2D eigenvalue weighted by Gasteiger charge is 2.21. The minimum atomic E-state index is -1.12. The van der Waals surface area contributed by atoms with Crippen LogP contribution in [0.15, 0.2) is 5.38 Å². The molecule has 106 valence electrons. The largest absolute Gasteiger partial charge is 0.476 e. The molecule has 0 radical (unpaired) electrons. The molecule has 0 saturated carbocycles. The Labute approximate surface area is 116 Å². The lowest BCUT2D eigenvalue weighted by Crippen LogP contribution is -2.39. The predicted octanol–water partition coefficient (Wildman–Crippen LogP) is 1.16. The Hall–Kier alpha value is -1.47. The minimum Gasteiger partial charge on any atom is -0.476 e. The molecule has 0 spiro atoms. The van der Waals surface area contributed by atoms with Crippen molar-refractivity contribution in [3.05, 3.63) is 16.1 Å². The first-order valence-electron chi connectivity index (χ1n) is 5.83. The lowest BCUT2D eigenvalue weighted by atomic mass is 9.93. The van der Waals surface area contributed by atoms with Crippen LogP contribution in [0.5, 0.6) is 0 Å². The summed E-state index contributed by atoms with van der Waals surface area (Å²) in [7, 11) is 3.95. The summed E-state index contributed by atoms with van der Waals surface area (Å²) in [6, 6.07) is 0. The van der Waals surface area contributed by atoms with Gasteiger partial charge in [0.05, 0.1) is 0 Å². The third-order valence-electron chi connectivity index (χ3n) is 2.39. The Morgan fingerprint density at radius 1 is 1.47 bits per heavy atom. The third-order valence-corrected chi connectivity index (χ3v) is 3.23. The Bertz CT molecular complexity index is 469. The van der Waals surface area contributed by atoms with Crippen LogP contribution in [0.1, 0.15) is 34.1 Å². The highest BCUT2D eigenvalue weighted by molar-refractivity contribution is 7.11. The number of nitrogens with one attached hydrogen (secondary N) is 1. The van der Waals surface area contributed by atoms with Crippen molar-refractivity contribution in [2.75, 3.05) is 27.2 Å². The van der Waals surface area contributed by atoms with E-state index in [0.717, 1.165) is 17.9 Å². The van der Waals surface area contributed by atoms with E-state index in [-0.39, 0.29) is 22.0 Å². The molecular weight excluding hydrogens is 266 g/mol. The molecule has 0 bridgehead atoms. The number of carboxylic acids is 1. The van der Waals surface area contributed by atoms with Gasteiger partial charge in [-0.3, -0.25) is 4.79 Å². The first-order valence-corrected chi connectivity index (χ1v) is 6.71. The van der Waals surface area contributed by atoms with E-state index in [0.29, 0.717) is 6.54 Å². The fraction of sp³-hybridized carbons (Fsp3) is 0.583. The Morgan fingerprint density at radius 2 is 2.11 bits per heavy atom. The first-order chi connectivity index (χ1) is 8.71. The summed E-state index contributed by atoms with van der Waals surface area (Å²) in [5.41, 5.74) is -0.158. The number of carbonyl (C=O) groups excluding carboxylic acids is 1. The number of thiazole rings is 1. The Balaban J connectivity index is 2.57. The maximum Gasteiger partial charge on any atom is 0.355 e. The molecule has 1 aromatic heterocycles. The molecule has 1 amide bonds. The first kappa shape index (κ1) is 15.6. The van der Waals surface area contributed by atoms with Gasteiger partial charge in [-0.25, -0.2) is 9.78 Å². The predicted molar refractivity (Wildman–Crippen MR) is 73.7 cm³/mol. The van der Waals surface area contributed by atoms with E-state index in [2.05, 4.69) is 29.0 Å². The van der Waals surface area contributed by atoms with Gasteiger partial charge in [-0.05, 0) is 19.5 Å². The molecule has 0 saturated heterocycles. The standard InChI is InChI=1S/C12H19N3O3S/c1-12(2,7-15(3)4)6-13-9(16)10-14-8(5-19-10)11(17)18/h5H,6-7H2,1-4H3,(H,13,16)(H,17,18). The van der Waals surface area contributed by atoms with E-state index < -0.39 is 5.97 Å². The second-order valence-electron chi connectivity index (χ2n) is 5.43. The summed E-state index contributed by atoms with van der Waals surface area (Å²) in [5.74, 6) is -1.45. The molecule has 1 rings (SSSR count). The van der Waals surface area contributed by atoms with Gasteiger partial charge in [0.1, 0.15) is 0 Å². The summed E-state index contributed by atoms with van der Waals surface area (Å²) >= 11 is 1.04. The van der Waals surface area contributed by atoms with Gasteiger partial charge >= 0.3 is 5.97 Å². The van der Waals surface area contributed by atoms with Gasteiger partial charge in [0.25, 0.3) is 5.91 Å². The number of carboxylic acid groups (broad SMARTS) is 1. The monoisotopic (exact) mass is 285 g/mol. The van der Waals surface area contributed by atoms with Crippen LogP contribution in [0.25, 0.3) is 0 Å². The molecule has 0 atom stereocenters. The van der Waals surface area contributed by atoms with Crippen molar-refractivity contribution in [2.24, 2.45) is 5.41 Å². The molecule has 1 heterocycles. The third kappa shape index (κ3) is 4.96. The number of nitrogens with zero attached hydrogens (tertiary/aromatic N) is 2. The van der Waals surface area contributed by atoms with Crippen molar-refractivity contribution in [3.8, 4) is 0 Å². The van der Waals surface area contributed by atoms with Crippen LogP contribution in [0.4, 0.5) is 0 Å². The maximum absolute atomic E-state index is 11.8. The van der Waals surface area contributed by atoms with Crippen molar-refractivity contribution in [1.82, 2.24) is 15.2 Å². The lowest BCUT2D eigenvalue weighted by Gasteiger charge is -2.28. The molecule has 2 N–H and O–H groups in total. The zero-order chi connectivity index (χ0) is 14.6. The normalized spacial score (nSPS) is 11.6. The fourth-order valence-corrected chi connectivity index (χ4v) is 2.49. The molecular formula is C12H19N3O3S. The summed E-state index contributed by atoms with van der Waals surface area (Å²) in [4.78, 5) is 28.3. The molecule has 0 fully saturated rings. The maximum atomic E-state index is 11.8. The average Bonchev–Trinajstić information content (AvgIpc) is 2.73. The molecule has 19 heavy (non-hydrogen) atoms. The topological polar surface area (TPSA) is 82.5 Å². The van der Waals surface area contributed by atoms with E-state index in [1.165, 1.54) is 5.38 Å².